The second-order valence-corrected chi connectivity index (χ2v) is 6.58. The molecule has 0 spiro atoms. The van der Waals surface area contributed by atoms with Crippen molar-refractivity contribution in [3.05, 3.63) is 42.2 Å². The zero-order valence-corrected chi connectivity index (χ0v) is 17.5. The maximum absolute atomic E-state index is 9.47. The molecular formula is C21H32N6O. The number of aromatic nitrogens is 4. The molecule has 152 valence electrons. The van der Waals surface area contributed by atoms with Crippen molar-refractivity contribution in [3.63, 3.8) is 0 Å². The molecule has 7 heteroatoms. The van der Waals surface area contributed by atoms with Gasteiger partial charge in [-0.1, -0.05) is 51.1 Å². The average molecular weight is 385 g/mol. The van der Waals surface area contributed by atoms with Gasteiger partial charge in [-0.3, -0.25) is 0 Å². The standard InChI is InChI=1S/C19H26N6O.C2H6/c1-4-15(11-26)22-19-23-17(20-10-14-8-6-5-7-9-14)16-18(24-19)25(12-21-16)13(2)3;1-2/h5-9,12-13,15,26H,4,10-11H2,1-3H3,(H2,20,22,23,24);1-2H3/t15-;/m1./s1. The van der Waals surface area contributed by atoms with E-state index in [9.17, 15) is 5.11 Å². The molecule has 7 nitrogen and oxygen atoms in total. The molecule has 0 saturated heterocycles. The van der Waals surface area contributed by atoms with Crippen molar-refractivity contribution in [1.29, 1.82) is 0 Å². The number of hydrogen-bond donors (Lipinski definition) is 3. The number of anilines is 2. The normalized spacial score (nSPS) is 11.8. The van der Waals surface area contributed by atoms with Crippen molar-refractivity contribution in [2.24, 2.45) is 0 Å². The fraction of sp³-hybridized carbons (Fsp3) is 0.476. The number of benzene rings is 1. The Balaban J connectivity index is 0.00000136. The van der Waals surface area contributed by atoms with Crippen molar-refractivity contribution in [2.45, 2.75) is 59.7 Å². The molecule has 0 bridgehead atoms. The molecule has 1 aromatic carbocycles. The Labute approximate surface area is 167 Å². The molecule has 0 unspecified atom stereocenters. The van der Waals surface area contributed by atoms with Gasteiger partial charge in [-0.25, -0.2) is 4.98 Å². The quantitative estimate of drug-likeness (QED) is 0.539. The van der Waals surface area contributed by atoms with Crippen LogP contribution in [0.5, 0.6) is 0 Å². The van der Waals surface area contributed by atoms with Gasteiger partial charge in [0.05, 0.1) is 19.0 Å². The largest absolute Gasteiger partial charge is 0.394 e. The first kappa shape index (κ1) is 21.6. The Morgan fingerprint density at radius 1 is 1.11 bits per heavy atom. The number of nitrogens with zero attached hydrogens (tertiary/aromatic N) is 4. The van der Waals surface area contributed by atoms with Crippen LogP contribution in [0.25, 0.3) is 11.2 Å². The molecule has 3 aromatic rings. The zero-order chi connectivity index (χ0) is 20.5. The van der Waals surface area contributed by atoms with Gasteiger partial charge < -0.3 is 20.3 Å². The van der Waals surface area contributed by atoms with E-state index in [4.69, 9.17) is 0 Å². The molecule has 0 fully saturated rings. The molecule has 2 aromatic heterocycles. The second-order valence-electron chi connectivity index (χ2n) is 6.58. The van der Waals surface area contributed by atoms with Gasteiger partial charge in [0.15, 0.2) is 17.0 Å². The summed E-state index contributed by atoms with van der Waals surface area (Å²) in [6.07, 6.45) is 2.58. The number of nitrogens with one attached hydrogen (secondary N) is 2. The summed E-state index contributed by atoms with van der Waals surface area (Å²) in [4.78, 5) is 13.8. The van der Waals surface area contributed by atoms with Crippen LogP contribution in [-0.4, -0.2) is 37.3 Å². The fourth-order valence-corrected chi connectivity index (χ4v) is 2.72. The molecule has 0 saturated carbocycles. The molecule has 28 heavy (non-hydrogen) atoms. The van der Waals surface area contributed by atoms with E-state index in [-0.39, 0.29) is 18.7 Å². The van der Waals surface area contributed by atoms with Gasteiger partial charge in [-0.15, -0.1) is 0 Å². The van der Waals surface area contributed by atoms with Gasteiger partial charge in [0, 0.05) is 12.6 Å². The summed E-state index contributed by atoms with van der Waals surface area (Å²) in [7, 11) is 0. The highest BCUT2D eigenvalue weighted by atomic mass is 16.3. The Morgan fingerprint density at radius 2 is 1.82 bits per heavy atom. The number of rotatable bonds is 8. The Morgan fingerprint density at radius 3 is 2.43 bits per heavy atom. The minimum Gasteiger partial charge on any atom is -0.394 e. The smallest absolute Gasteiger partial charge is 0.227 e. The predicted molar refractivity (Wildman–Crippen MR) is 116 cm³/mol. The van der Waals surface area contributed by atoms with Crippen molar-refractivity contribution >= 4 is 22.9 Å². The second kappa shape index (κ2) is 10.6. The Hall–Kier alpha value is -2.67. The minimum atomic E-state index is -0.0788. The maximum Gasteiger partial charge on any atom is 0.227 e. The van der Waals surface area contributed by atoms with E-state index in [1.807, 2.05) is 43.5 Å². The number of fused-ring (bicyclic) bond motifs is 1. The Kier molecular flexibility index (Phi) is 8.19. The number of hydrogen-bond acceptors (Lipinski definition) is 6. The van der Waals surface area contributed by atoms with Gasteiger partial charge in [0.1, 0.15) is 0 Å². The minimum absolute atomic E-state index is 0.0358. The topological polar surface area (TPSA) is 87.9 Å². The van der Waals surface area contributed by atoms with Crippen LogP contribution in [0.1, 0.15) is 52.6 Å². The molecule has 0 aliphatic rings. The van der Waals surface area contributed by atoms with Crippen molar-refractivity contribution < 1.29 is 5.11 Å². The number of aliphatic hydroxyl groups excluding tert-OH is 1. The van der Waals surface area contributed by atoms with E-state index in [1.165, 1.54) is 5.56 Å². The molecule has 0 aliphatic carbocycles. The molecule has 2 heterocycles. The van der Waals surface area contributed by atoms with E-state index in [0.29, 0.717) is 18.3 Å². The van der Waals surface area contributed by atoms with Gasteiger partial charge in [-0.05, 0) is 25.8 Å². The molecule has 1 atom stereocenters. The summed E-state index contributed by atoms with van der Waals surface area (Å²) >= 11 is 0. The van der Waals surface area contributed by atoms with E-state index >= 15 is 0 Å². The average Bonchev–Trinajstić information content (AvgIpc) is 3.17. The SMILES string of the molecule is CC.CC[C@H](CO)Nc1nc(NCc2ccccc2)c2ncn(C(C)C)c2n1. The molecule has 3 N–H and O–H groups in total. The first-order valence-electron chi connectivity index (χ1n) is 10.0. The predicted octanol–water partition coefficient (Wildman–Crippen LogP) is 4.23. The van der Waals surface area contributed by atoms with Crippen molar-refractivity contribution in [3.8, 4) is 0 Å². The van der Waals surface area contributed by atoms with Gasteiger partial charge in [0.25, 0.3) is 0 Å². The third-order valence-corrected chi connectivity index (χ3v) is 4.33. The van der Waals surface area contributed by atoms with E-state index in [1.54, 1.807) is 6.33 Å². The van der Waals surface area contributed by atoms with Crippen LogP contribution in [0.4, 0.5) is 11.8 Å². The van der Waals surface area contributed by atoms with Gasteiger partial charge in [0.2, 0.25) is 5.95 Å². The monoisotopic (exact) mass is 384 g/mol. The lowest BCUT2D eigenvalue weighted by Crippen LogP contribution is -2.24. The molecule has 0 radical (unpaired) electrons. The molecule has 0 amide bonds. The summed E-state index contributed by atoms with van der Waals surface area (Å²) in [5.74, 6) is 1.19. The van der Waals surface area contributed by atoms with Crippen LogP contribution in [0.3, 0.4) is 0 Å². The fourth-order valence-electron chi connectivity index (χ4n) is 2.72. The molecular weight excluding hydrogens is 352 g/mol. The van der Waals surface area contributed by atoms with Crippen LogP contribution >= 0.6 is 0 Å². The van der Waals surface area contributed by atoms with E-state index in [2.05, 4.69) is 51.6 Å². The lowest BCUT2D eigenvalue weighted by molar-refractivity contribution is 0.271. The highest BCUT2D eigenvalue weighted by Crippen LogP contribution is 2.24. The molecule has 3 rings (SSSR count). The first-order chi connectivity index (χ1) is 13.6. The van der Waals surface area contributed by atoms with Gasteiger partial charge >= 0.3 is 0 Å². The summed E-state index contributed by atoms with van der Waals surface area (Å²) in [5.41, 5.74) is 2.69. The Bertz CT molecular complexity index is 843. The van der Waals surface area contributed by atoms with Crippen molar-refractivity contribution in [1.82, 2.24) is 19.5 Å². The van der Waals surface area contributed by atoms with Crippen LogP contribution in [0.2, 0.25) is 0 Å². The van der Waals surface area contributed by atoms with Gasteiger partial charge in [-0.2, -0.15) is 9.97 Å². The van der Waals surface area contributed by atoms with E-state index < -0.39 is 0 Å². The summed E-state index contributed by atoms with van der Waals surface area (Å²) < 4.78 is 2.02. The molecule has 0 aliphatic heterocycles. The van der Waals surface area contributed by atoms with Crippen LogP contribution in [0.15, 0.2) is 36.7 Å². The first-order valence-corrected chi connectivity index (χ1v) is 10.0. The summed E-state index contributed by atoms with van der Waals surface area (Å²) in [5, 5.41) is 16.1. The number of aliphatic hydroxyl groups is 1. The number of imidazole rings is 1. The summed E-state index contributed by atoms with van der Waals surface area (Å²) in [6.45, 7) is 10.9. The lowest BCUT2D eigenvalue weighted by Gasteiger charge is -2.16. The zero-order valence-electron chi connectivity index (χ0n) is 17.5. The highest BCUT2D eigenvalue weighted by Gasteiger charge is 2.16. The lowest BCUT2D eigenvalue weighted by atomic mass is 10.2. The maximum atomic E-state index is 9.47. The van der Waals surface area contributed by atoms with Crippen LogP contribution in [-0.2, 0) is 6.54 Å². The highest BCUT2D eigenvalue weighted by molar-refractivity contribution is 5.84. The van der Waals surface area contributed by atoms with Crippen LogP contribution < -0.4 is 10.6 Å². The third-order valence-electron chi connectivity index (χ3n) is 4.33. The third kappa shape index (κ3) is 5.19. The van der Waals surface area contributed by atoms with Crippen molar-refractivity contribution in [2.75, 3.05) is 17.2 Å². The van der Waals surface area contributed by atoms with Crippen LogP contribution in [0, 0.1) is 0 Å². The van der Waals surface area contributed by atoms with E-state index in [0.717, 1.165) is 17.6 Å². The summed E-state index contributed by atoms with van der Waals surface area (Å²) in [6, 6.07) is 10.3.